The third-order valence-corrected chi connectivity index (χ3v) is 5.55. The predicted molar refractivity (Wildman–Crippen MR) is 112 cm³/mol. The van der Waals surface area contributed by atoms with Gasteiger partial charge in [-0.3, -0.25) is 4.79 Å². The average Bonchev–Trinajstić information content (AvgIpc) is 3.00. The molecule has 5 nitrogen and oxygen atoms in total. The Labute approximate surface area is 168 Å². The van der Waals surface area contributed by atoms with Crippen molar-refractivity contribution in [1.82, 2.24) is 4.57 Å². The van der Waals surface area contributed by atoms with Crippen molar-refractivity contribution in [2.45, 2.75) is 40.2 Å². The summed E-state index contributed by atoms with van der Waals surface area (Å²) in [6.07, 6.45) is 0.546. The van der Waals surface area contributed by atoms with Crippen LogP contribution in [0, 0.1) is 13.8 Å². The molecule has 0 N–H and O–H groups in total. The molecule has 1 heterocycles. The maximum Gasteiger partial charge on any atom is 0.329 e. The Morgan fingerprint density at radius 3 is 2.39 bits per heavy atom. The normalized spacial score (nSPS) is 12.9. The smallest absolute Gasteiger partial charge is 0.329 e. The molecule has 2 aromatic carbocycles. The van der Waals surface area contributed by atoms with E-state index in [1.807, 2.05) is 55.7 Å². The highest BCUT2D eigenvalue weighted by atomic mass is 32.1. The summed E-state index contributed by atoms with van der Waals surface area (Å²) in [6.45, 7) is 8.01. The lowest BCUT2D eigenvalue weighted by molar-refractivity contribution is -0.147. The number of benzene rings is 2. The van der Waals surface area contributed by atoms with E-state index in [1.165, 1.54) is 11.3 Å². The summed E-state index contributed by atoms with van der Waals surface area (Å²) in [5.41, 5.74) is 3.60. The van der Waals surface area contributed by atoms with Crippen molar-refractivity contribution >= 4 is 33.4 Å². The molecule has 1 aromatic heterocycles. The van der Waals surface area contributed by atoms with Crippen LogP contribution >= 0.6 is 11.3 Å². The fourth-order valence-electron chi connectivity index (χ4n) is 3.07. The van der Waals surface area contributed by atoms with Gasteiger partial charge in [0, 0.05) is 5.56 Å². The number of carbonyl (C=O) groups is 2. The fraction of sp³-hybridized carbons (Fsp3) is 0.318. The van der Waals surface area contributed by atoms with Gasteiger partial charge in [-0.2, -0.15) is 4.99 Å². The molecule has 1 amide bonds. The van der Waals surface area contributed by atoms with Crippen LogP contribution < -0.4 is 4.80 Å². The summed E-state index contributed by atoms with van der Waals surface area (Å²) in [7, 11) is 0. The Kier molecular flexibility index (Phi) is 6.09. The first-order valence-corrected chi connectivity index (χ1v) is 10.2. The number of ether oxygens (including phenoxy) is 1. The summed E-state index contributed by atoms with van der Waals surface area (Å²) in [6, 6.07) is 12.8. The average molecular weight is 397 g/mol. The second-order valence-electron chi connectivity index (χ2n) is 6.68. The van der Waals surface area contributed by atoms with E-state index >= 15 is 0 Å². The van der Waals surface area contributed by atoms with Crippen LogP contribution in [-0.2, 0) is 9.53 Å². The molecule has 3 aromatic rings. The van der Waals surface area contributed by atoms with E-state index in [9.17, 15) is 9.59 Å². The third kappa shape index (κ3) is 4.07. The Morgan fingerprint density at radius 2 is 1.75 bits per heavy atom. The number of hydrogen-bond acceptors (Lipinski definition) is 4. The van der Waals surface area contributed by atoms with Crippen molar-refractivity contribution in [3.8, 4) is 0 Å². The molecular weight excluding hydrogens is 372 g/mol. The zero-order valence-electron chi connectivity index (χ0n) is 16.6. The number of amides is 1. The molecule has 0 saturated carbocycles. The van der Waals surface area contributed by atoms with Crippen LogP contribution in [0.5, 0.6) is 0 Å². The molecule has 0 radical (unpaired) electrons. The number of aromatic nitrogens is 1. The third-order valence-electron chi connectivity index (χ3n) is 4.53. The van der Waals surface area contributed by atoms with Crippen LogP contribution in [0.15, 0.2) is 47.5 Å². The van der Waals surface area contributed by atoms with Gasteiger partial charge in [-0.05, 0) is 57.0 Å². The quantitative estimate of drug-likeness (QED) is 0.593. The molecule has 0 aliphatic heterocycles. The number of rotatable bonds is 5. The largest absolute Gasteiger partial charge is 0.464 e. The highest BCUT2D eigenvalue weighted by molar-refractivity contribution is 7.16. The van der Waals surface area contributed by atoms with Crippen LogP contribution in [0.2, 0.25) is 0 Å². The van der Waals surface area contributed by atoms with Gasteiger partial charge in [-0.1, -0.05) is 42.0 Å². The van der Waals surface area contributed by atoms with Crippen molar-refractivity contribution in [3.63, 3.8) is 0 Å². The van der Waals surface area contributed by atoms with E-state index in [0.717, 1.165) is 21.3 Å². The molecule has 0 saturated heterocycles. The van der Waals surface area contributed by atoms with Gasteiger partial charge >= 0.3 is 5.97 Å². The monoisotopic (exact) mass is 396 g/mol. The maximum absolute atomic E-state index is 12.7. The fourth-order valence-corrected chi connectivity index (χ4v) is 4.24. The lowest BCUT2D eigenvalue weighted by Crippen LogP contribution is -2.29. The molecule has 0 aliphatic carbocycles. The van der Waals surface area contributed by atoms with Gasteiger partial charge in [0.25, 0.3) is 5.91 Å². The van der Waals surface area contributed by atoms with Crippen LogP contribution in [0.25, 0.3) is 10.2 Å². The van der Waals surface area contributed by atoms with Gasteiger partial charge in [-0.15, -0.1) is 0 Å². The summed E-state index contributed by atoms with van der Waals surface area (Å²) >= 11 is 1.41. The number of aryl methyl sites for hydroxylation is 2. The van der Waals surface area contributed by atoms with Crippen molar-refractivity contribution in [3.05, 3.63) is 64.0 Å². The summed E-state index contributed by atoms with van der Waals surface area (Å²) in [5, 5.41) is 0. The Hall–Kier alpha value is -2.73. The molecule has 28 heavy (non-hydrogen) atoms. The zero-order valence-corrected chi connectivity index (χ0v) is 17.4. The topological polar surface area (TPSA) is 60.7 Å². The molecule has 0 aliphatic rings. The number of fused-ring (bicyclic) bond motifs is 1. The molecule has 3 rings (SSSR count). The van der Waals surface area contributed by atoms with Crippen LogP contribution in [-0.4, -0.2) is 23.1 Å². The predicted octanol–water partition coefficient (Wildman–Crippen LogP) is 4.57. The minimum Gasteiger partial charge on any atom is -0.464 e. The van der Waals surface area contributed by atoms with Crippen molar-refractivity contribution in [1.29, 1.82) is 0 Å². The van der Waals surface area contributed by atoms with E-state index in [4.69, 9.17) is 4.74 Å². The Morgan fingerprint density at radius 1 is 1.07 bits per heavy atom. The van der Waals surface area contributed by atoms with Gasteiger partial charge in [0.15, 0.2) is 4.80 Å². The molecule has 0 fully saturated rings. The molecule has 1 atom stereocenters. The van der Waals surface area contributed by atoms with E-state index in [0.29, 0.717) is 23.4 Å². The maximum atomic E-state index is 12.7. The molecule has 1 unspecified atom stereocenters. The van der Waals surface area contributed by atoms with Gasteiger partial charge in [-0.25, -0.2) is 4.79 Å². The van der Waals surface area contributed by atoms with Crippen LogP contribution in [0.3, 0.4) is 0 Å². The number of thiazole rings is 1. The highest BCUT2D eigenvalue weighted by Crippen LogP contribution is 2.24. The minimum absolute atomic E-state index is 0.311. The number of carbonyl (C=O) groups excluding carboxylic acids is 2. The van der Waals surface area contributed by atoms with E-state index in [1.54, 1.807) is 19.1 Å². The van der Waals surface area contributed by atoms with E-state index in [-0.39, 0.29) is 11.9 Å². The Balaban J connectivity index is 2.19. The lowest BCUT2D eigenvalue weighted by atomic mass is 10.1. The highest BCUT2D eigenvalue weighted by Gasteiger charge is 2.24. The van der Waals surface area contributed by atoms with Gasteiger partial charge in [0.2, 0.25) is 0 Å². The molecular formula is C22H24N2O3S. The first-order chi connectivity index (χ1) is 13.4. The second kappa shape index (κ2) is 8.52. The van der Waals surface area contributed by atoms with Crippen molar-refractivity contribution < 1.29 is 14.3 Å². The van der Waals surface area contributed by atoms with Crippen LogP contribution in [0.4, 0.5) is 0 Å². The summed E-state index contributed by atoms with van der Waals surface area (Å²) < 4.78 is 8.09. The molecule has 0 spiro atoms. The zero-order chi connectivity index (χ0) is 20.3. The summed E-state index contributed by atoms with van der Waals surface area (Å²) in [4.78, 5) is 30.2. The number of nitrogens with zero attached hydrogens (tertiary/aromatic N) is 2. The first kappa shape index (κ1) is 20.0. The van der Waals surface area contributed by atoms with Gasteiger partial charge in [0.05, 0.1) is 16.8 Å². The first-order valence-electron chi connectivity index (χ1n) is 9.38. The van der Waals surface area contributed by atoms with Crippen molar-refractivity contribution in [2.24, 2.45) is 4.99 Å². The van der Waals surface area contributed by atoms with Crippen molar-refractivity contribution in [2.75, 3.05) is 6.61 Å². The van der Waals surface area contributed by atoms with E-state index < -0.39 is 6.04 Å². The molecule has 146 valence electrons. The Bertz CT molecular complexity index is 1080. The van der Waals surface area contributed by atoms with E-state index in [2.05, 4.69) is 4.99 Å². The van der Waals surface area contributed by atoms with Gasteiger partial charge < -0.3 is 9.30 Å². The second-order valence-corrected chi connectivity index (χ2v) is 7.69. The van der Waals surface area contributed by atoms with Crippen LogP contribution in [0.1, 0.15) is 47.8 Å². The molecule has 0 bridgehead atoms. The SMILES string of the molecule is CCOC(=O)C(CC)n1/c(=N/C(=O)c2ccc(C)cc2)sc2cc(C)ccc21. The molecule has 6 heteroatoms. The number of esters is 1. The minimum atomic E-state index is -0.527. The number of hydrogen-bond donors (Lipinski definition) is 0. The summed E-state index contributed by atoms with van der Waals surface area (Å²) in [5.74, 6) is -0.634. The van der Waals surface area contributed by atoms with Gasteiger partial charge in [0.1, 0.15) is 6.04 Å². The standard InChI is InChI=1S/C22H24N2O3S/c1-5-17(21(26)27-6-2)24-18-12-9-15(4)13-19(18)28-22(24)23-20(25)16-10-7-14(3)8-11-16/h7-13,17H,5-6H2,1-4H3/b23-22-. The lowest BCUT2D eigenvalue weighted by Gasteiger charge is -2.16.